The molecule has 7 heteroatoms. The smallest absolute Gasteiger partial charge is 0.242 e. The molecule has 5 nitrogen and oxygen atoms in total. The summed E-state index contributed by atoms with van der Waals surface area (Å²) in [6.45, 7) is 1.99. The maximum Gasteiger partial charge on any atom is 0.242 e. The molecule has 0 aliphatic heterocycles. The lowest BCUT2D eigenvalue weighted by molar-refractivity contribution is -0.115. The van der Waals surface area contributed by atoms with Crippen LogP contribution in [0.3, 0.4) is 0 Å². The van der Waals surface area contributed by atoms with Crippen molar-refractivity contribution < 1.29 is 9.53 Å². The molecule has 4 aromatic rings. The second-order valence-electron chi connectivity index (χ2n) is 7.82. The summed E-state index contributed by atoms with van der Waals surface area (Å²) in [4.78, 5) is 25.1. The molecular weight excluding hydrogens is 438 g/mol. The van der Waals surface area contributed by atoms with Crippen LogP contribution in [-0.4, -0.2) is 23.0 Å². The molecule has 1 amide bonds. The third-order valence-electron chi connectivity index (χ3n) is 5.65. The number of methoxy groups -OCH3 is 1. The number of carbonyl (C=O) groups is 1. The molecule has 32 heavy (non-hydrogen) atoms. The molecule has 0 fully saturated rings. The number of ether oxygens (including phenoxy) is 1. The van der Waals surface area contributed by atoms with Gasteiger partial charge in [-0.05, 0) is 55.0 Å². The fourth-order valence-corrected chi connectivity index (χ4v) is 6.54. The first-order chi connectivity index (χ1) is 15.6. The minimum absolute atomic E-state index is 0.108. The molecule has 1 aliphatic carbocycles. The highest BCUT2D eigenvalue weighted by atomic mass is 32.2. The first kappa shape index (κ1) is 21.0. The highest BCUT2D eigenvalue weighted by Crippen LogP contribution is 2.44. The molecule has 0 bridgehead atoms. The van der Waals surface area contributed by atoms with E-state index in [1.54, 1.807) is 24.8 Å². The average Bonchev–Trinajstić information content (AvgIpc) is 3.39. The van der Waals surface area contributed by atoms with E-state index in [0.29, 0.717) is 11.4 Å². The van der Waals surface area contributed by atoms with Gasteiger partial charge in [-0.15, -0.1) is 11.3 Å². The van der Waals surface area contributed by atoms with Crippen LogP contribution >= 0.6 is 23.1 Å². The van der Waals surface area contributed by atoms with Gasteiger partial charge < -0.3 is 10.1 Å². The Labute approximate surface area is 195 Å². The summed E-state index contributed by atoms with van der Waals surface area (Å²) in [5, 5.41) is 4.62. The van der Waals surface area contributed by atoms with Crippen LogP contribution in [0.25, 0.3) is 10.2 Å². The molecule has 2 aromatic heterocycles. The average molecular weight is 462 g/mol. The number of anilines is 1. The predicted octanol–water partition coefficient (Wildman–Crippen LogP) is 5.97. The summed E-state index contributed by atoms with van der Waals surface area (Å²) in [5.74, 6) is 0.532. The number of thiophene rings is 1. The highest BCUT2D eigenvalue weighted by molar-refractivity contribution is 8.00. The predicted molar refractivity (Wildman–Crippen MR) is 131 cm³/mol. The fourth-order valence-electron chi connectivity index (χ4n) is 4.12. The zero-order chi connectivity index (χ0) is 22.1. The summed E-state index contributed by atoms with van der Waals surface area (Å²) in [6, 6.07) is 15.6. The van der Waals surface area contributed by atoms with Crippen LogP contribution in [0, 0.1) is 6.92 Å². The van der Waals surface area contributed by atoms with E-state index < -0.39 is 5.25 Å². The number of thioether (sulfide) groups is 1. The summed E-state index contributed by atoms with van der Waals surface area (Å²) in [5.41, 5.74) is 4.01. The van der Waals surface area contributed by atoms with Gasteiger partial charge in [-0.3, -0.25) is 4.79 Å². The summed E-state index contributed by atoms with van der Waals surface area (Å²) in [7, 11) is 1.61. The Kier molecular flexibility index (Phi) is 5.85. The molecule has 0 saturated carbocycles. The minimum Gasteiger partial charge on any atom is -0.495 e. The molecule has 162 valence electrons. The third-order valence-corrected chi connectivity index (χ3v) is 8.10. The van der Waals surface area contributed by atoms with Gasteiger partial charge >= 0.3 is 0 Å². The zero-order valence-electron chi connectivity index (χ0n) is 17.9. The lowest BCUT2D eigenvalue weighted by Crippen LogP contribution is -2.19. The Balaban J connectivity index is 1.53. The number of hydrogen-bond donors (Lipinski definition) is 1. The van der Waals surface area contributed by atoms with Gasteiger partial charge in [-0.2, -0.15) is 0 Å². The molecule has 2 aromatic carbocycles. The number of nitrogens with one attached hydrogen (secondary N) is 1. The molecule has 0 saturated heterocycles. The Hall–Kier alpha value is -2.90. The second-order valence-corrected chi connectivity index (χ2v) is 10.00. The van der Waals surface area contributed by atoms with Gasteiger partial charge in [0.2, 0.25) is 5.91 Å². The van der Waals surface area contributed by atoms with Crippen molar-refractivity contribution >= 4 is 44.9 Å². The van der Waals surface area contributed by atoms with Crippen LogP contribution in [0.4, 0.5) is 5.69 Å². The fraction of sp³-hybridized carbons (Fsp3) is 0.240. The van der Waals surface area contributed by atoms with E-state index >= 15 is 0 Å². The molecule has 5 rings (SSSR count). The molecule has 0 radical (unpaired) electrons. The van der Waals surface area contributed by atoms with E-state index in [4.69, 9.17) is 4.74 Å². The van der Waals surface area contributed by atoms with Crippen molar-refractivity contribution in [1.82, 2.24) is 9.97 Å². The molecular formula is C25H23N3O2S2. The van der Waals surface area contributed by atoms with Gasteiger partial charge in [-0.1, -0.05) is 48.2 Å². The first-order valence-electron chi connectivity index (χ1n) is 10.6. The Bertz CT molecular complexity index is 1290. The van der Waals surface area contributed by atoms with E-state index in [1.807, 2.05) is 55.5 Å². The molecule has 0 spiro atoms. The van der Waals surface area contributed by atoms with Crippen LogP contribution in [0.1, 0.15) is 33.2 Å². The van der Waals surface area contributed by atoms with E-state index in [-0.39, 0.29) is 5.91 Å². The van der Waals surface area contributed by atoms with Gasteiger partial charge in [0, 0.05) is 10.3 Å². The maximum absolute atomic E-state index is 13.6. The number of carbonyl (C=O) groups excluding carboxylic acids is 1. The Morgan fingerprint density at radius 2 is 2.00 bits per heavy atom. The number of rotatable bonds is 6. The maximum atomic E-state index is 13.6. The van der Waals surface area contributed by atoms with Crippen LogP contribution < -0.4 is 10.1 Å². The Morgan fingerprint density at radius 3 is 2.81 bits per heavy atom. The van der Waals surface area contributed by atoms with Crippen molar-refractivity contribution in [2.75, 3.05) is 12.4 Å². The van der Waals surface area contributed by atoms with Gasteiger partial charge in [0.15, 0.2) is 0 Å². The van der Waals surface area contributed by atoms with Crippen molar-refractivity contribution in [2.45, 2.75) is 36.5 Å². The quantitative estimate of drug-likeness (QED) is 0.283. The standard InChI is InChI=1S/C25H23N3O2S2/c1-15-11-12-19(30-2)18(13-15)28-23(29)22(16-7-4-3-5-8-16)32-25-21-17-9-6-10-20(17)31-24(21)26-14-27-25/h3-5,7-8,11-14,22H,6,9-10H2,1-2H3,(H,28,29). The highest BCUT2D eigenvalue weighted by Gasteiger charge is 2.27. The molecule has 1 N–H and O–H groups in total. The second kappa shape index (κ2) is 8.92. The van der Waals surface area contributed by atoms with Crippen molar-refractivity contribution in [2.24, 2.45) is 0 Å². The third kappa shape index (κ3) is 3.98. The van der Waals surface area contributed by atoms with Crippen molar-refractivity contribution in [3.05, 3.63) is 76.4 Å². The minimum atomic E-state index is -0.462. The van der Waals surface area contributed by atoms with E-state index in [2.05, 4.69) is 15.3 Å². The summed E-state index contributed by atoms with van der Waals surface area (Å²) in [6.07, 6.45) is 4.95. The van der Waals surface area contributed by atoms with E-state index in [1.165, 1.54) is 28.6 Å². The number of aromatic nitrogens is 2. The van der Waals surface area contributed by atoms with Crippen molar-refractivity contribution in [3.63, 3.8) is 0 Å². The topological polar surface area (TPSA) is 64.1 Å². The number of amides is 1. The lowest BCUT2D eigenvalue weighted by Gasteiger charge is -2.18. The number of hydrogen-bond acceptors (Lipinski definition) is 6. The molecule has 1 aliphatic rings. The molecule has 2 heterocycles. The normalized spacial score (nSPS) is 13.7. The lowest BCUT2D eigenvalue weighted by atomic mass is 10.1. The van der Waals surface area contributed by atoms with Crippen molar-refractivity contribution in [1.29, 1.82) is 0 Å². The Morgan fingerprint density at radius 1 is 1.16 bits per heavy atom. The van der Waals surface area contributed by atoms with Gasteiger partial charge in [0.1, 0.15) is 27.2 Å². The van der Waals surface area contributed by atoms with Crippen LogP contribution in [0.2, 0.25) is 0 Å². The summed E-state index contributed by atoms with van der Waals surface area (Å²) >= 11 is 3.25. The zero-order valence-corrected chi connectivity index (χ0v) is 19.6. The molecule has 1 unspecified atom stereocenters. The van der Waals surface area contributed by atoms with E-state index in [9.17, 15) is 4.79 Å². The number of benzene rings is 2. The number of aryl methyl sites for hydroxylation is 3. The largest absolute Gasteiger partial charge is 0.495 e. The first-order valence-corrected chi connectivity index (χ1v) is 12.3. The number of fused-ring (bicyclic) bond motifs is 3. The van der Waals surface area contributed by atoms with Crippen LogP contribution in [0.5, 0.6) is 5.75 Å². The van der Waals surface area contributed by atoms with Crippen molar-refractivity contribution in [3.8, 4) is 5.75 Å². The SMILES string of the molecule is COc1ccc(C)cc1NC(=O)C(Sc1ncnc2sc3c(c12)CCC3)c1ccccc1. The van der Waals surface area contributed by atoms with E-state index in [0.717, 1.165) is 39.2 Å². The monoisotopic (exact) mass is 461 g/mol. The van der Waals surface area contributed by atoms with Gasteiger partial charge in [0.05, 0.1) is 12.8 Å². The van der Waals surface area contributed by atoms with Crippen LogP contribution in [0.15, 0.2) is 59.9 Å². The molecule has 1 atom stereocenters. The van der Waals surface area contributed by atoms with Crippen LogP contribution in [-0.2, 0) is 17.6 Å². The number of nitrogens with zero attached hydrogens (tertiary/aromatic N) is 2. The van der Waals surface area contributed by atoms with Gasteiger partial charge in [-0.25, -0.2) is 9.97 Å². The summed E-state index contributed by atoms with van der Waals surface area (Å²) < 4.78 is 5.46. The van der Waals surface area contributed by atoms with Gasteiger partial charge in [0.25, 0.3) is 0 Å².